The second kappa shape index (κ2) is 4.58. The monoisotopic (exact) mass is 262 g/mol. The predicted molar refractivity (Wildman–Crippen MR) is 73.8 cm³/mol. The average Bonchev–Trinajstić information content (AvgIpc) is 3.14. The summed E-state index contributed by atoms with van der Waals surface area (Å²) in [4.78, 5) is 12.9. The number of hydrogen-bond acceptors (Lipinski definition) is 2. The van der Waals surface area contributed by atoms with E-state index in [0.717, 1.165) is 31.3 Å². The van der Waals surface area contributed by atoms with Crippen molar-refractivity contribution in [1.82, 2.24) is 0 Å². The number of carbonyl (C=O) groups excluding carboxylic acids is 1. The summed E-state index contributed by atoms with van der Waals surface area (Å²) in [5.74, 6) is 3.03. The molecule has 1 saturated heterocycles. The Morgan fingerprint density at radius 2 is 1.89 bits per heavy atom. The Labute approximate surface area is 116 Å². The van der Waals surface area contributed by atoms with E-state index in [1.54, 1.807) is 0 Å². The van der Waals surface area contributed by atoms with Gasteiger partial charge in [-0.15, -0.1) is 0 Å². The standard InChI is InChI=1S/C17H26O2/c18-16(15-10-12-3-4-13(15)9-12)14-5-8-19-17(11-14)6-1-2-7-17/h12-15H,1-11H2. The zero-order valence-corrected chi connectivity index (χ0v) is 11.9. The normalized spacial score (nSPS) is 44.0. The quantitative estimate of drug-likeness (QED) is 0.758. The maximum absolute atomic E-state index is 12.9. The maximum Gasteiger partial charge on any atom is 0.139 e. The molecule has 4 atom stereocenters. The molecule has 2 heteroatoms. The molecule has 3 aliphatic carbocycles. The molecule has 0 aromatic rings. The third kappa shape index (κ3) is 2.07. The summed E-state index contributed by atoms with van der Waals surface area (Å²) in [7, 11) is 0. The molecule has 2 nitrogen and oxygen atoms in total. The molecule has 4 rings (SSSR count). The van der Waals surface area contributed by atoms with Gasteiger partial charge in [0.15, 0.2) is 0 Å². The van der Waals surface area contributed by atoms with Crippen LogP contribution in [-0.2, 0) is 9.53 Å². The van der Waals surface area contributed by atoms with Gasteiger partial charge in [-0.1, -0.05) is 19.3 Å². The molecule has 4 unspecified atom stereocenters. The summed E-state index contributed by atoms with van der Waals surface area (Å²) in [5.41, 5.74) is 0.107. The van der Waals surface area contributed by atoms with Gasteiger partial charge in [0.2, 0.25) is 0 Å². The molecule has 106 valence electrons. The summed E-state index contributed by atoms with van der Waals surface area (Å²) < 4.78 is 6.08. The van der Waals surface area contributed by atoms with Crippen molar-refractivity contribution in [2.24, 2.45) is 23.7 Å². The summed E-state index contributed by atoms with van der Waals surface area (Å²) in [5, 5.41) is 0. The van der Waals surface area contributed by atoms with E-state index in [-0.39, 0.29) is 5.60 Å². The molecule has 2 bridgehead atoms. The summed E-state index contributed by atoms with van der Waals surface area (Å²) >= 11 is 0. The van der Waals surface area contributed by atoms with Crippen LogP contribution in [0.25, 0.3) is 0 Å². The lowest BCUT2D eigenvalue weighted by molar-refractivity contribution is -0.141. The Bertz CT molecular complexity index is 369. The van der Waals surface area contributed by atoms with E-state index in [4.69, 9.17) is 4.74 Å². The lowest BCUT2D eigenvalue weighted by Gasteiger charge is -2.39. The number of fused-ring (bicyclic) bond motifs is 2. The topological polar surface area (TPSA) is 26.3 Å². The minimum Gasteiger partial charge on any atom is -0.375 e. The molecule has 1 aliphatic heterocycles. The lowest BCUT2D eigenvalue weighted by Crippen LogP contribution is -2.42. The molecule has 3 saturated carbocycles. The highest BCUT2D eigenvalue weighted by Gasteiger charge is 2.48. The smallest absolute Gasteiger partial charge is 0.139 e. The number of ketones is 1. The average molecular weight is 262 g/mol. The van der Waals surface area contributed by atoms with Crippen molar-refractivity contribution in [3.8, 4) is 0 Å². The Morgan fingerprint density at radius 1 is 1.05 bits per heavy atom. The Hall–Kier alpha value is -0.370. The van der Waals surface area contributed by atoms with E-state index in [9.17, 15) is 4.79 Å². The first kappa shape index (κ1) is 12.4. The van der Waals surface area contributed by atoms with Crippen LogP contribution in [0.3, 0.4) is 0 Å². The highest BCUT2D eigenvalue weighted by Crippen LogP contribution is 2.51. The van der Waals surface area contributed by atoms with E-state index in [0.29, 0.717) is 17.6 Å². The number of Topliss-reactive ketones (excluding diaryl/α,β-unsaturated/α-hetero) is 1. The van der Waals surface area contributed by atoms with E-state index < -0.39 is 0 Å². The number of carbonyl (C=O) groups is 1. The van der Waals surface area contributed by atoms with Crippen LogP contribution in [0, 0.1) is 23.7 Å². The van der Waals surface area contributed by atoms with E-state index in [2.05, 4.69) is 0 Å². The highest BCUT2D eigenvalue weighted by molar-refractivity contribution is 5.84. The summed E-state index contributed by atoms with van der Waals surface area (Å²) in [6, 6.07) is 0. The van der Waals surface area contributed by atoms with Gasteiger partial charge in [0.25, 0.3) is 0 Å². The molecule has 0 amide bonds. The fourth-order valence-corrected chi connectivity index (χ4v) is 5.53. The number of ether oxygens (including phenoxy) is 1. The molecule has 0 N–H and O–H groups in total. The minimum atomic E-state index is 0.107. The molecular weight excluding hydrogens is 236 g/mol. The van der Waals surface area contributed by atoms with E-state index in [1.807, 2.05) is 0 Å². The Morgan fingerprint density at radius 3 is 2.58 bits per heavy atom. The van der Waals surface area contributed by atoms with Gasteiger partial charge in [-0.05, 0) is 56.8 Å². The van der Waals surface area contributed by atoms with Gasteiger partial charge in [0.05, 0.1) is 5.60 Å². The third-order valence-corrected chi connectivity index (χ3v) is 6.51. The van der Waals surface area contributed by atoms with Crippen molar-refractivity contribution in [3.63, 3.8) is 0 Å². The fourth-order valence-electron chi connectivity index (χ4n) is 5.53. The van der Waals surface area contributed by atoms with Gasteiger partial charge < -0.3 is 4.74 Å². The molecule has 0 aromatic carbocycles. The lowest BCUT2D eigenvalue weighted by atomic mass is 9.75. The zero-order valence-electron chi connectivity index (χ0n) is 11.9. The van der Waals surface area contributed by atoms with Crippen LogP contribution >= 0.6 is 0 Å². The fraction of sp³-hybridized carbons (Fsp3) is 0.941. The van der Waals surface area contributed by atoms with Crippen LogP contribution in [-0.4, -0.2) is 18.0 Å². The van der Waals surface area contributed by atoms with Gasteiger partial charge in [-0.25, -0.2) is 0 Å². The van der Waals surface area contributed by atoms with Crippen LogP contribution < -0.4 is 0 Å². The molecule has 0 aromatic heterocycles. The van der Waals surface area contributed by atoms with E-state index in [1.165, 1.54) is 51.4 Å². The molecule has 4 fully saturated rings. The number of rotatable bonds is 2. The first-order chi connectivity index (χ1) is 9.26. The van der Waals surface area contributed by atoms with E-state index >= 15 is 0 Å². The molecule has 19 heavy (non-hydrogen) atoms. The van der Waals surface area contributed by atoms with Crippen molar-refractivity contribution < 1.29 is 9.53 Å². The van der Waals surface area contributed by atoms with Crippen molar-refractivity contribution >= 4 is 5.78 Å². The molecular formula is C17H26O2. The molecule has 1 heterocycles. The largest absolute Gasteiger partial charge is 0.375 e. The van der Waals surface area contributed by atoms with Crippen LogP contribution in [0.1, 0.15) is 64.2 Å². The van der Waals surface area contributed by atoms with Gasteiger partial charge in [0, 0.05) is 18.4 Å². The summed E-state index contributed by atoms with van der Waals surface area (Å²) in [6.07, 6.45) is 12.3. The van der Waals surface area contributed by atoms with Crippen LogP contribution in [0.15, 0.2) is 0 Å². The number of hydrogen-bond donors (Lipinski definition) is 0. The van der Waals surface area contributed by atoms with Crippen molar-refractivity contribution in [2.45, 2.75) is 69.8 Å². The second-order valence-corrected chi connectivity index (χ2v) is 7.61. The first-order valence-electron chi connectivity index (χ1n) is 8.43. The minimum absolute atomic E-state index is 0.107. The van der Waals surface area contributed by atoms with Crippen molar-refractivity contribution in [1.29, 1.82) is 0 Å². The van der Waals surface area contributed by atoms with Crippen molar-refractivity contribution in [3.05, 3.63) is 0 Å². The molecule has 0 radical (unpaired) electrons. The first-order valence-corrected chi connectivity index (χ1v) is 8.43. The molecule has 1 spiro atoms. The Kier molecular flexibility index (Phi) is 2.98. The van der Waals surface area contributed by atoms with Crippen LogP contribution in [0.5, 0.6) is 0 Å². The highest BCUT2D eigenvalue weighted by atomic mass is 16.5. The van der Waals surface area contributed by atoms with Gasteiger partial charge in [0.1, 0.15) is 5.78 Å². The van der Waals surface area contributed by atoms with Crippen LogP contribution in [0.2, 0.25) is 0 Å². The third-order valence-electron chi connectivity index (χ3n) is 6.51. The summed E-state index contributed by atoms with van der Waals surface area (Å²) in [6.45, 7) is 0.831. The molecule has 4 aliphatic rings. The SMILES string of the molecule is O=C(C1CCOC2(CCCC2)C1)C1CC2CCC1C2. The van der Waals surface area contributed by atoms with Crippen LogP contribution in [0.4, 0.5) is 0 Å². The van der Waals surface area contributed by atoms with Gasteiger partial charge in [-0.3, -0.25) is 4.79 Å². The predicted octanol–water partition coefficient (Wildman–Crippen LogP) is 3.73. The zero-order chi connectivity index (χ0) is 12.9. The Balaban J connectivity index is 1.45. The van der Waals surface area contributed by atoms with Crippen molar-refractivity contribution in [2.75, 3.05) is 6.61 Å². The van der Waals surface area contributed by atoms with Gasteiger partial charge >= 0.3 is 0 Å². The second-order valence-electron chi connectivity index (χ2n) is 7.61. The van der Waals surface area contributed by atoms with Gasteiger partial charge in [-0.2, -0.15) is 0 Å². The maximum atomic E-state index is 12.9.